The van der Waals surface area contributed by atoms with Crippen LogP contribution in [0.25, 0.3) is 6.08 Å². The number of hydrogen-bond acceptors (Lipinski definition) is 6. The van der Waals surface area contributed by atoms with E-state index in [1.807, 2.05) is 54.6 Å². The van der Waals surface area contributed by atoms with Crippen molar-refractivity contribution in [2.45, 2.75) is 23.8 Å². The lowest BCUT2D eigenvalue weighted by molar-refractivity contribution is -0.130. The van der Waals surface area contributed by atoms with E-state index >= 15 is 0 Å². The molecule has 2 amide bonds. The molecule has 0 spiro atoms. The maximum absolute atomic E-state index is 12.6. The zero-order chi connectivity index (χ0) is 22.2. The number of anilines is 1. The Bertz CT molecular complexity index is 1060. The summed E-state index contributed by atoms with van der Waals surface area (Å²) in [5.41, 5.74) is 2.20. The average molecular weight is 465 g/mol. The van der Waals surface area contributed by atoms with Gasteiger partial charge in [-0.2, -0.15) is 9.36 Å². The lowest BCUT2D eigenvalue weighted by Gasteiger charge is -2.30. The van der Waals surface area contributed by atoms with Crippen LogP contribution in [0.4, 0.5) is 5.13 Å². The van der Waals surface area contributed by atoms with Gasteiger partial charge in [0.25, 0.3) is 0 Å². The van der Waals surface area contributed by atoms with Gasteiger partial charge in [0.05, 0.1) is 0 Å². The van der Waals surface area contributed by atoms with Crippen molar-refractivity contribution >= 4 is 46.3 Å². The van der Waals surface area contributed by atoms with E-state index in [0.717, 1.165) is 11.3 Å². The zero-order valence-corrected chi connectivity index (χ0v) is 19.1. The van der Waals surface area contributed by atoms with Gasteiger partial charge in [-0.1, -0.05) is 72.4 Å². The molecule has 0 bridgehead atoms. The highest BCUT2D eigenvalue weighted by Gasteiger charge is 2.27. The Hall–Kier alpha value is -2.97. The predicted octanol–water partition coefficient (Wildman–Crippen LogP) is 4.72. The Morgan fingerprint density at radius 2 is 1.75 bits per heavy atom. The molecule has 0 unspecified atom stereocenters. The molecule has 1 N–H and O–H groups in total. The Balaban J connectivity index is 1.22. The molecular weight excluding hydrogens is 440 g/mol. The van der Waals surface area contributed by atoms with Crippen LogP contribution in [0.15, 0.2) is 71.9 Å². The van der Waals surface area contributed by atoms with E-state index in [-0.39, 0.29) is 17.7 Å². The van der Waals surface area contributed by atoms with E-state index < -0.39 is 0 Å². The van der Waals surface area contributed by atoms with Crippen LogP contribution in [0.2, 0.25) is 0 Å². The minimum Gasteiger partial charge on any atom is -0.339 e. The van der Waals surface area contributed by atoms with E-state index in [1.54, 1.807) is 22.7 Å². The third-order valence-corrected chi connectivity index (χ3v) is 6.91. The number of likely N-dealkylation sites (tertiary alicyclic amines) is 1. The summed E-state index contributed by atoms with van der Waals surface area (Å²) in [6.07, 6.45) is 4.71. The predicted molar refractivity (Wildman–Crippen MR) is 129 cm³/mol. The molecule has 1 fully saturated rings. The van der Waals surface area contributed by atoms with Crippen LogP contribution >= 0.6 is 23.3 Å². The van der Waals surface area contributed by atoms with Gasteiger partial charge in [0.2, 0.25) is 22.1 Å². The van der Waals surface area contributed by atoms with Crippen LogP contribution in [0.1, 0.15) is 24.0 Å². The fourth-order valence-corrected chi connectivity index (χ4v) is 4.95. The molecule has 1 aromatic heterocycles. The van der Waals surface area contributed by atoms with E-state index in [0.29, 0.717) is 36.2 Å². The first-order valence-corrected chi connectivity index (χ1v) is 12.3. The molecule has 0 atom stereocenters. The maximum atomic E-state index is 12.6. The van der Waals surface area contributed by atoms with Crippen molar-refractivity contribution in [1.82, 2.24) is 14.3 Å². The molecule has 164 valence electrons. The highest BCUT2D eigenvalue weighted by atomic mass is 32.2. The third-order valence-electron chi connectivity index (χ3n) is 5.24. The van der Waals surface area contributed by atoms with Crippen LogP contribution in [0.3, 0.4) is 0 Å². The maximum Gasteiger partial charge on any atom is 0.246 e. The summed E-state index contributed by atoms with van der Waals surface area (Å²) in [7, 11) is 0. The first-order valence-electron chi connectivity index (χ1n) is 10.5. The number of piperidine rings is 1. The number of benzene rings is 2. The van der Waals surface area contributed by atoms with Crippen molar-refractivity contribution in [2.24, 2.45) is 5.92 Å². The molecule has 0 radical (unpaired) electrons. The number of carbonyl (C=O) groups is 2. The third kappa shape index (κ3) is 6.27. The minimum atomic E-state index is -0.124. The monoisotopic (exact) mass is 464 g/mol. The van der Waals surface area contributed by atoms with Crippen molar-refractivity contribution in [2.75, 3.05) is 18.4 Å². The molecule has 2 heterocycles. The second kappa shape index (κ2) is 11.1. The SMILES string of the molecule is O=C(Nc1nc(SCc2ccccc2)ns1)C1CCN(C(=O)/C=C/c2ccccc2)CC1. The lowest BCUT2D eigenvalue weighted by atomic mass is 9.96. The molecule has 2 aromatic carbocycles. The van der Waals surface area contributed by atoms with Gasteiger partial charge in [0.15, 0.2) is 0 Å². The number of nitrogens with one attached hydrogen (secondary N) is 1. The average Bonchev–Trinajstić information content (AvgIpc) is 3.30. The normalized spacial score (nSPS) is 14.6. The molecule has 1 aliphatic rings. The van der Waals surface area contributed by atoms with Crippen LogP contribution in [0, 0.1) is 5.92 Å². The second-order valence-corrected chi connectivity index (χ2v) is 9.18. The van der Waals surface area contributed by atoms with Crippen LogP contribution in [0.5, 0.6) is 0 Å². The smallest absolute Gasteiger partial charge is 0.246 e. The van der Waals surface area contributed by atoms with Gasteiger partial charge in [-0.15, -0.1) is 0 Å². The van der Waals surface area contributed by atoms with Gasteiger partial charge in [0.1, 0.15) is 0 Å². The first kappa shape index (κ1) is 22.2. The molecule has 1 saturated heterocycles. The second-order valence-electron chi connectivity index (χ2n) is 7.49. The summed E-state index contributed by atoms with van der Waals surface area (Å²) in [6.45, 7) is 1.15. The summed E-state index contributed by atoms with van der Waals surface area (Å²) < 4.78 is 4.33. The zero-order valence-electron chi connectivity index (χ0n) is 17.5. The Labute approximate surface area is 195 Å². The summed E-state index contributed by atoms with van der Waals surface area (Å²) >= 11 is 2.75. The van der Waals surface area contributed by atoms with Crippen molar-refractivity contribution in [3.63, 3.8) is 0 Å². The van der Waals surface area contributed by atoms with Crippen LogP contribution < -0.4 is 5.32 Å². The molecule has 3 aromatic rings. The first-order chi connectivity index (χ1) is 15.7. The fourth-order valence-electron chi connectivity index (χ4n) is 3.45. The minimum absolute atomic E-state index is 0.0167. The molecule has 6 nitrogen and oxygen atoms in total. The molecule has 32 heavy (non-hydrogen) atoms. The standard InChI is InChI=1S/C24H24N4O2S2/c29-21(12-11-18-7-3-1-4-8-18)28-15-13-20(14-16-28)22(30)25-23-26-24(27-32-23)31-17-19-9-5-2-6-10-19/h1-12,20H,13-17H2,(H,25,26,27,30)/b12-11+. The highest BCUT2D eigenvalue weighted by molar-refractivity contribution is 7.98. The van der Waals surface area contributed by atoms with Crippen LogP contribution in [-0.4, -0.2) is 39.2 Å². The van der Waals surface area contributed by atoms with E-state index in [1.165, 1.54) is 17.1 Å². The molecule has 0 aliphatic carbocycles. The topological polar surface area (TPSA) is 75.2 Å². The number of rotatable bonds is 7. The van der Waals surface area contributed by atoms with Crippen molar-refractivity contribution in [3.8, 4) is 0 Å². The van der Waals surface area contributed by atoms with Crippen molar-refractivity contribution < 1.29 is 9.59 Å². The Morgan fingerprint density at radius 1 is 1.06 bits per heavy atom. The number of carbonyl (C=O) groups excluding carboxylic acids is 2. The lowest BCUT2D eigenvalue weighted by Crippen LogP contribution is -2.40. The molecule has 8 heteroatoms. The molecule has 1 aliphatic heterocycles. The van der Waals surface area contributed by atoms with E-state index in [4.69, 9.17) is 0 Å². The fraction of sp³-hybridized carbons (Fsp3) is 0.250. The van der Waals surface area contributed by atoms with Gasteiger partial charge in [0, 0.05) is 42.4 Å². The van der Waals surface area contributed by atoms with Gasteiger partial charge in [-0.05, 0) is 30.0 Å². The molecule has 0 saturated carbocycles. The number of hydrogen-bond donors (Lipinski definition) is 1. The summed E-state index contributed by atoms with van der Waals surface area (Å²) in [6, 6.07) is 19.9. The molecule has 4 rings (SSSR count). The van der Waals surface area contributed by atoms with Gasteiger partial charge in [-0.25, -0.2) is 0 Å². The summed E-state index contributed by atoms with van der Waals surface area (Å²) in [5.74, 6) is 0.599. The number of aromatic nitrogens is 2. The molecular formula is C24H24N4O2S2. The van der Waals surface area contributed by atoms with Crippen molar-refractivity contribution in [1.29, 1.82) is 0 Å². The van der Waals surface area contributed by atoms with Crippen molar-refractivity contribution in [3.05, 3.63) is 77.9 Å². The number of nitrogens with zero attached hydrogens (tertiary/aromatic N) is 3. The number of amides is 2. The highest BCUT2D eigenvalue weighted by Crippen LogP contribution is 2.25. The van der Waals surface area contributed by atoms with E-state index in [2.05, 4.69) is 26.8 Å². The quantitative estimate of drug-likeness (QED) is 0.404. The summed E-state index contributed by atoms with van der Waals surface area (Å²) in [4.78, 5) is 31.3. The van der Waals surface area contributed by atoms with Gasteiger partial charge in [-0.3, -0.25) is 9.59 Å². The number of thioether (sulfide) groups is 1. The Kier molecular flexibility index (Phi) is 7.68. The summed E-state index contributed by atoms with van der Waals surface area (Å²) in [5, 5.41) is 4.09. The largest absolute Gasteiger partial charge is 0.339 e. The van der Waals surface area contributed by atoms with E-state index in [9.17, 15) is 9.59 Å². The van der Waals surface area contributed by atoms with Gasteiger partial charge >= 0.3 is 0 Å². The Morgan fingerprint density at radius 3 is 2.47 bits per heavy atom. The van der Waals surface area contributed by atoms with Gasteiger partial charge < -0.3 is 10.2 Å². The van der Waals surface area contributed by atoms with Crippen LogP contribution in [-0.2, 0) is 15.3 Å².